The Hall–Kier alpha value is -1.43. The van der Waals surface area contributed by atoms with Crippen molar-refractivity contribution < 1.29 is 4.84 Å². The standard InChI is InChI=1S/C13H27N5O/c14-10-8-6-4-2-1-3-5-7-9-11-12(15)17-13(16)19-18-11/h18H,1-10,14-15H2,(H2,16,17). The van der Waals surface area contributed by atoms with Crippen LogP contribution >= 0.6 is 0 Å². The molecule has 0 saturated heterocycles. The lowest BCUT2D eigenvalue weighted by Crippen LogP contribution is -2.32. The molecule has 0 aliphatic carbocycles. The highest BCUT2D eigenvalue weighted by molar-refractivity contribution is 5.73. The Balaban J connectivity index is 1.98. The Kier molecular flexibility index (Phi) is 7.81. The minimum Gasteiger partial charge on any atom is -0.382 e. The zero-order valence-electron chi connectivity index (χ0n) is 11.7. The second-order valence-corrected chi connectivity index (χ2v) is 4.89. The summed E-state index contributed by atoms with van der Waals surface area (Å²) in [5, 5.41) is 0. The van der Waals surface area contributed by atoms with Gasteiger partial charge in [0.15, 0.2) is 5.82 Å². The van der Waals surface area contributed by atoms with Gasteiger partial charge in [-0.1, -0.05) is 38.5 Å². The molecule has 0 saturated carbocycles. The van der Waals surface area contributed by atoms with Crippen LogP contribution in [-0.4, -0.2) is 12.6 Å². The van der Waals surface area contributed by atoms with E-state index in [4.69, 9.17) is 22.0 Å². The molecule has 0 fully saturated rings. The number of nitrogens with one attached hydrogen (secondary N) is 1. The van der Waals surface area contributed by atoms with Gasteiger partial charge < -0.3 is 22.0 Å². The maximum absolute atomic E-state index is 5.74. The number of hydroxylamine groups is 1. The van der Waals surface area contributed by atoms with Crippen molar-refractivity contribution in [1.82, 2.24) is 5.48 Å². The molecule has 110 valence electrons. The van der Waals surface area contributed by atoms with Gasteiger partial charge >= 0.3 is 6.02 Å². The minimum atomic E-state index is 0.0683. The molecule has 0 unspecified atom stereocenters. The highest BCUT2D eigenvalue weighted by atomic mass is 16.7. The van der Waals surface area contributed by atoms with Gasteiger partial charge in [0, 0.05) is 0 Å². The van der Waals surface area contributed by atoms with E-state index in [0.29, 0.717) is 5.82 Å². The molecule has 1 aliphatic rings. The van der Waals surface area contributed by atoms with Gasteiger partial charge in [0.1, 0.15) is 0 Å². The molecule has 7 N–H and O–H groups in total. The first-order chi connectivity index (χ1) is 9.24. The Labute approximate surface area is 115 Å². The maximum atomic E-state index is 5.74. The summed E-state index contributed by atoms with van der Waals surface area (Å²) < 4.78 is 0. The van der Waals surface area contributed by atoms with Gasteiger partial charge in [0.05, 0.1) is 5.70 Å². The monoisotopic (exact) mass is 269 g/mol. The molecule has 6 nitrogen and oxygen atoms in total. The fourth-order valence-corrected chi connectivity index (χ4v) is 2.06. The summed E-state index contributed by atoms with van der Waals surface area (Å²) in [5.41, 5.74) is 20.1. The predicted molar refractivity (Wildman–Crippen MR) is 77.7 cm³/mol. The molecule has 19 heavy (non-hydrogen) atoms. The van der Waals surface area contributed by atoms with Gasteiger partial charge in [-0.05, 0) is 25.8 Å². The average molecular weight is 269 g/mol. The number of nitrogens with zero attached hydrogens (tertiary/aromatic N) is 1. The highest BCUT2D eigenvalue weighted by Gasteiger charge is 2.10. The van der Waals surface area contributed by atoms with E-state index in [1.807, 2.05) is 0 Å². The zero-order chi connectivity index (χ0) is 13.9. The molecule has 0 spiro atoms. The molecule has 0 radical (unpaired) electrons. The molecule has 1 aliphatic heterocycles. The van der Waals surface area contributed by atoms with Crippen LogP contribution < -0.4 is 22.7 Å². The van der Waals surface area contributed by atoms with Crippen LogP contribution in [0.3, 0.4) is 0 Å². The molecule has 0 aromatic carbocycles. The lowest BCUT2D eigenvalue weighted by Gasteiger charge is -2.16. The summed E-state index contributed by atoms with van der Waals surface area (Å²) in [5.74, 6) is 0.436. The second kappa shape index (κ2) is 9.49. The van der Waals surface area contributed by atoms with Crippen LogP contribution in [0.25, 0.3) is 0 Å². The summed E-state index contributed by atoms with van der Waals surface area (Å²) in [6.07, 6.45) is 10.8. The first-order valence-electron chi connectivity index (χ1n) is 7.19. The van der Waals surface area contributed by atoms with Crippen molar-refractivity contribution in [2.75, 3.05) is 6.54 Å². The van der Waals surface area contributed by atoms with E-state index < -0.39 is 0 Å². The number of hydrogen-bond acceptors (Lipinski definition) is 6. The van der Waals surface area contributed by atoms with Gasteiger partial charge in [-0.25, -0.2) is 5.48 Å². The van der Waals surface area contributed by atoms with E-state index in [2.05, 4.69) is 10.5 Å². The van der Waals surface area contributed by atoms with Gasteiger partial charge in [-0.15, -0.1) is 0 Å². The third kappa shape index (κ3) is 6.91. The third-order valence-corrected chi connectivity index (χ3v) is 3.20. The van der Waals surface area contributed by atoms with E-state index in [1.165, 1.54) is 38.5 Å². The largest absolute Gasteiger partial charge is 0.382 e. The van der Waals surface area contributed by atoms with Crippen LogP contribution in [0.5, 0.6) is 0 Å². The lowest BCUT2D eigenvalue weighted by molar-refractivity contribution is 0.196. The van der Waals surface area contributed by atoms with Crippen LogP contribution in [0, 0.1) is 0 Å². The summed E-state index contributed by atoms with van der Waals surface area (Å²) >= 11 is 0. The van der Waals surface area contributed by atoms with Crippen LogP contribution in [0.2, 0.25) is 0 Å². The minimum absolute atomic E-state index is 0.0683. The van der Waals surface area contributed by atoms with Crippen molar-refractivity contribution in [3.8, 4) is 0 Å². The number of allylic oxidation sites excluding steroid dienone is 1. The summed E-state index contributed by atoms with van der Waals surface area (Å²) in [4.78, 5) is 8.80. The van der Waals surface area contributed by atoms with Crippen molar-refractivity contribution >= 4 is 6.02 Å². The molecule has 1 heterocycles. The lowest BCUT2D eigenvalue weighted by atomic mass is 10.1. The Bertz CT molecular complexity index is 314. The van der Waals surface area contributed by atoms with Gasteiger partial charge in [0.25, 0.3) is 0 Å². The van der Waals surface area contributed by atoms with Crippen molar-refractivity contribution in [3.05, 3.63) is 11.5 Å². The van der Waals surface area contributed by atoms with Crippen LogP contribution in [0.15, 0.2) is 16.5 Å². The van der Waals surface area contributed by atoms with E-state index in [0.717, 1.165) is 31.5 Å². The van der Waals surface area contributed by atoms with Crippen LogP contribution in [0.1, 0.15) is 57.8 Å². The Morgan fingerprint density at radius 1 is 0.895 bits per heavy atom. The number of aliphatic imine (C=N–C) groups is 1. The second-order valence-electron chi connectivity index (χ2n) is 4.89. The molecule has 6 heteroatoms. The van der Waals surface area contributed by atoms with E-state index >= 15 is 0 Å². The first-order valence-corrected chi connectivity index (χ1v) is 7.19. The average Bonchev–Trinajstić information content (AvgIpc) is 2.39. The summed E-state index contributed by atoms with van der Waals surface area (Å²) in [7, 11) is 0. The van der Waals surface area contributed by atoms with E-state index in [9.17, 15) is 0 Å². The summed E-state index contributed by atoms with van der Waals surface area (Å²) in [6.45, 7) is 0.818. The van der Waals surface area contributed by atoms with Gasteiger partial charge in [-0.3, -0.25) is 0 Å². The normalized spacial score (nSPS) is 14.9. The van der Waals surface area contributed by atoms with Crippen LogP contribution in [-0.2, 0) is 4.84 Å². The molecule has 0 bridgehead atoms. The Morgan fingerprint density at radius 3 is 2.05 bits per heavy atom. The fraction of sp³-hybridized carbons (Fsp3) is 0.769. The molecule has 0 aromatic rings. The van der Waals surface area contributed by atoms with Crippen molar-refractivity contribution in [2.45, 2.75) is 57.8 Å². The number of nitrogens with two attached hydrogens (primary N) is 3. The van der Waals surface area contributed by atoms with E-state index in [1.54, 1.807) is 0 Å². The smallest absolute Gasteiger partial charge is 0.315 e. The first kappa shape index (κ1) is 15.6. The molecular formula is C13H27N5O. The van der Waals surface area contributed by atoms with Gasteiger partial charge in [0.2, 0.25) is 0 Å². The summed E-state index contributed by atoms with van der Waals surface area (Å²) in [6, 6.07) is 0.0683. The topological polar surface area (TPSA) is 112 Å². The van der Waals surface area contributed by atoms with E-state index in [-0.39, 0.29) is 6.02 Å². The Morgan fingerprint density at radius 2 is 1.47 bits per heavy atom. The fourth-order valence-electron chi connectivity index (χ4n) is 2.06. The van der Waals surface area contributed by atoms with Gasteiger partial charge in [-0.2, -0.15) is 4.99 Å². The number of hydrogen-bond donors (Lipinski definition) is 4. The number of amidine groups is 1. The molecule has 1 rings (SSSR count). The molecule has 0 atom stereocenters. The van der Waals surface area contributed by atoms with Crippen molar-refractivity contribution in [1.29, 1.82) is 0 Å². The number of unbranched alkanes of at least 4 members (excludes halogenated alkanes) is 7. The zero-order valence-corrected chi connectivity index (χ0v) is 11.7. The quantitative estimate of drug-likeness (QED) is 0.448. The van der Waals surface area contributed by atoms with Crippen molar-refractivity contribution in [3.63, 3.8) is 0 Å². The molecule has 0 amide bonds. The predicted octanol–water partition coefficient (Wildman–Crippen LogP) is 1.43. The highest BCUT2D eigenvalue weighted by Crippen LogP contribution is 2.14. The third-order valence-electron chi connectivity index (χ3n) is 3.20. The van der Waals surface area contributed by atoms with Crippen LogP contribution in [0.4, 0.5) is 0 Å². The molecular weight excluding hydrogens is 242 g/mol. The number of rotatable bonds is 10. The van der Waals surface area contributed by atoms with Crippen molar-refractivity contribution in [2.24, 2.45) is 22.2 Å². The molecule has 0 aromatic heterocycles. The SMILES string of the molecule is NCCCCCCCCCCC1=C(N)N=C(N)ON1. The maximum Gasteiger partial charge on any atom is 0.315 e.